The monoisotopic (exact) mass is 295 g/mol. The number of likely N-dealkylation sites (N-methyl/N-ethyl adjacent to an activating group) is 1. The molecule has 2 heterocycles. The van der Waals surface area contributed by atoms with Crippen molar-refractivity contribution in [2.24, 2.45) is 0 Å². The van der Waals surface area contributed by atoms with Gasteiger partial charge in [-0.3, -0.25) is 0 Å². The molecule has 2 rings (SSSR count). The summed E-state index contributed by atoms with van der Waals surface area (Å²) in [6, 6.07) is 1.55. The molecule has 7 heteroatoms. The first kappa shape index (κ1) is 13.3. The first-order chi connectivity index (χ1) is 7.93. The minimum absolute atomic E-state index is 0.0684. The van der Waals surface area contributed by atoms with Gasteiger partial charge in [0.25, 0.3) is 10.0 Å². The molecule has 1 atom stereocenters. The van der Waals surface area contributed by atoms with Gasteiger partial charge in [-0.2, -0.15) is 4.31 Å². The van der Waals surface area contributed by atoms with Gasteiger partial charge in [-0.25, -0.2) is 8.42 Å². The van der Waals surface area contributed by atoms with E-state index in [1.165, 1.54) is 4.31 Å². The predicted octanol–water partition coefficient (Wildman–Crippen LogP) is 2.12. The molecule has 0 spiro atoms. The van der Waals surface area contributed by atoms with Gasteiger partial charge in [-0.1, -0.05) is 11.6 Å². The highest BCUT2D eigenvalue weighted by molar-refractivity contribution is 7.91. The average Bonchev–Trinajstić information content (AvgIpc) is 2.88. The van der Waals surface area contributed by atoms with Crippen LogP contribution in [0.1, 0.15) is 12.0 Å². The van der Waals surface area contributed by atoms with E-state index in [0.717, 1.165) is 23.3 Å². The molecule has 0 aromatic carbocycles. The molecule has 1 aliphatic heterocycles. The number of thiophene rings is 1. The number of aryl methyl sites for hydroxylation is 1. The van der Waals surface area contributed by atoms with E-state index in [9.17, 15) is 8.42 Å². The molecule has 0 N–H and O–H groups in total. The van der Waals surface area contributed by atoms with Crippen molar-refractivity contribution >= 4 is 33.0 Å². The Balaban J connectivity index is 2.29. The van der Waals surface area contributed by atoms with Gasteiger partial charge in [-0.15, -0.1) is 11.3 Å². The average molecular weight is 296 g/mol. The van der Waals surface area contributed by atoms with Crippen LogP contribution in [0.5, 0.6) is 0 Å². The van der Waals surface area contributed by atoms with Crippen molar-refractivity contribution in [3.8, 4) is 0 Å². The van der Waals surface area contributed by atoms with Gasteiger partial charge >= 0.3 is 0 Å². The van der Waals surface area contributed by atoms with Crippen molar-refractivity contribution in [3.63, 3.8) is 0 Å². The molecule has 1 fully saturated rings. The number of sulfonamides is 1. The van der Waals surface area contributed by atoms with Crippen LogP contribution in [-0.2, 0) is 14.8 Å². The Morgan fingerprint density at radius 2 is 2.29 bits per heavy atom. The minimum Gasteiger partial charge on any atom is -0.380 e. The third kappa shape index (κ3) is 2.51. The summed E-state index contributed by atoms with van der Waals surface area (Å²) >= 11 is 7.01. The molecule has 0 radical (unpaired) electrons. The quantitative estimate of drug-likeness (QED) is 0.858. The third-order valence-electron chi connectivity index (χ3n) is 2.89. The highest BCUT2D eigenvalue weighted by Crippen LogP contribution is 2.32. The largest absolute Gasteiger partial charge is 0.380 e. The highest BCUT2D eigenvalue weighted by atomic mass is 35.5. The lowest BCUT2D eigenvalue weighted by molar-refractivity contribution is 0.181. The van der Waals surface area contributed by atoms with Gasteiger partial charge in [0, 0.05) is 13.7 Å². The molecule has 4 nitrogen and oxygen atoms in total. The van der Waals surface area contributed by atoms with E-state index >= 15 is 0 Å². The van der Waals surface area contributed by atoms with Crippen LogP contribution in [0.2, 0.25) is 4.34 Å². The normalized spacial score (nSPS) is 21.3. The van der Waals surface area contributed by atoms with Crippen LogP contribution >= 0.6 is 22.9 Å². The topological polar surface area (TPSA) is 46.6 Å². The molecular weight excluding hydrogens is 282 g/mol. The SMILES string of the molecule is Cc1cc(S(=O)(=O)N(C)[C@H]2CCOC2)sc1Cl. The van der Waals surface area contributed by atoms with Crippen molar-refractivity contribution < 1.29 is 13.2 Å². The maximum Gasteiger partial charge on any atom is 0.252 e. The molecule has 0 aliphatic carbocycles. The number of hydrogen-bond donors (Lipinski definition) is 0. The summed E-state index contributed by atoms with van der Waals surface area (Å²) in [7, 11) is -1.84. The third-order valence-corrected chi connectivity index (χ3v) is 6.80. The van der Waals surface area contributed by atoms with Crippen LogP contribution in [0, 0.1) is 6.92 Å². The van der Waals surface area contributed by atoms with Gasteiger partial charge in [0.1, 0.15) is 4.21 Å². The van der Waals surface area contributed by atoms with Crippen molar-refractivity contribution in [3.05, 3.63) is 16.0 Å². The number of ether oxygens (including phenoxy) is 1. The van der Waals surface area contributed by atoms with E-state index in [2.05, 4.69) is 0 Å². The molecule has 0 bridgehead atoms. The Morgan fingerprint density at radius 3 is 2.76 bits per heavy atom. The smallest absolute Gasteiger partial charge is 0.252 e. The Bertz CT molecular complexity index is 486. The summed E-state index contributed by atoms with van der Waals surface area (Å²) in [5.74, 6) is 0. The summed E-state index contributed by atoms with van der Waals surface area (Å²) in [5.41, 5.74) is 0.798. The Morgan fingerprint density at radius 1 is 1.59 bits per heavy atom. The minimum atomic E-state index is -3.44. The van der Waals surface area contributed by atoms with E-state index in [1.807, 2.05) is 0 Å². The Kier molecular flexibility index (Phi) is 3.80. The summed E-state index contributed by atoms with van der Waals surface area (Å²) in [5, 5.41) is 0. The Hall–Kier alpha value is -0.140. The lowest BCUT2D eigenvalue weighted by Crippen LogP contribution is -2.36. The summed E-state index contributed by atoms with van der Waals surface area (Å²) in [6.07, 6.45) is 0.744. The van der Waals surface area contributed by atoms with E-state index < -0.39 is 10.0 Å². The van der Waals surface area contributed by atoms with Crippen LogP contribution in [0.3, 0.4) is 0 Å². The van der Waals surface area contributed by atoms with E-state index in [1.54, 1.807) is 20.0 Å². The van der Waals surface area contributed by atoms with Gasteiger partial charge in [0.2, 0.25) is 0 Å². The summed E-state index contributed by atoms with van der Waals surface area (Å²) < 4.78 is 32.0. The first-order valence-electron chi connectivity index (χ1n) is 5.24. The van der Waals surface area contributed by atoms with Crippen LogP contribution in [0.4, 0.5) is 0 Å². The lowest BCUT2D eigenvalue weighted by atomic mass is 10.3. The standard InChI is InChI=1S/C10H14ClNO3S2/c1-7-5-9(16-10(7)11)17(13,14)12(2)8-3-4-15-6-8/h5,8H,3-4,6H2,1-2H3/t8-/m0/s1. The second kappa shape index (κ2) is 4.85. The van der Waals surface area contributed by atoms with Crippen molar-refractivity contribution in [2.45, 2.75) is 23.6 Å². The zero-order chi connectivity index (χ0) is 12.6. The molecule has 1 aliphatic rings. The van der Waals surface area contributed by atoms with Crippen molar-refractivity contribution in [2.75, 3.05) is 20.3 Å². The van der Waals surface area contributed by atoms with Gasteiger partial charge in [0.05, 0.1) is 17.0 Å². The second-order valence-corrected chi connectivity index (χ2v) is 7.94. The van der Waals surface area contributed by atoms with E-state index in [0.29, 0.717) is 21.8 Å². The molecule has 1 aromatic rings. The van der Waals surface area contributed by atoms with E-state index in [-0.39, 0.29) is 6.04 Å². The highest BCUT2D eigenvalue weighted by Gasteiger charge is 2.31. The summed E-state index contributed by atoms with van der Waals surface area (Å²) in [4.78, 5) is 0. The number of hydrogen-bond acceptors (Lipinski definition) is 4. The van der Waals surface area contributed by atoms with Crippen molar-refractivity contribution in [1.82, 2.24) is 4.31 Å². The molecule has 1 aromatic heterocycles. The molecule has 0 amide bonds. The fourth-order valence-electron chi connectivity index (χ4n) is 1.71. The summed E-state index contributed by atoms with van der Waals surface area (Å²) in [6.45, 7) is 2.89. The fourth-order valence-corrected chi connectivity index (χ4v) is 4.97. The molecule has 0 saturated carbocycles. The van der Waals surface area contributed by atoms with Crippen LogP contribution < -0.4 is 0 Å². The molecule has 1 saturated heterocycles. The number of nitrogens with zero attached hydrogens (tertiary/aromatic N) is 1. The first-order valence-corrected chi connectivity index (χ1v) is 7.88. The van der Waals surface area contributed by atoms with Crippen LogP contribution in [0.15, 0.2) is 10.3 Å². The molecule has 96 valence electrons. The van der Waals surface area contributed by atoms with Gasteiger partial charge in [0.15, 0.2) is 0 Å². The fraction of sp³-hybridized carbons (Fsp3) is 0.600. The zero-order valence-electron chi connectivity index (χ0n) is 9.64. The van der Waals surface area contributed by atoms with Crippen molar-refractivity contribution in [1.29, 1.82) is 0 Å². The zero-order valence-corrected chi connectivity index (χ0v) is 12.0. The maximum atomic E-state index is 12.3. The van der Waals surface area contributed by atoms with E-state index in [4.69, 9.17) is 16.3 Å². The molecular formula is C10H14ClNO3S2. The molecule has 17 heavy (non-hydrogen) atoms. The second-order valence-electron chi connectivity index (χ2n) is 4.06. The maximum absolute atomic E-state index is 12.3. The van der Waals surface area contributed by atoms with Crippen LogP contribution in [-0.4, -0.2) is 39.0 Å². The Labute approximate surface area is 110 Å². The molecule has 0 unspecified atom stereocenters. The van der Waals surface area contributed by atoms with Crippen LogP contribution in [0.25, 0.3) is 0 Å². The lowest BCUT2D eigenvalue weighted by Gasteiger charge is -2.21. The predicted molar refractivity (Wildman–Crippen MR) is 68.2 cm³/mol. The van der Waals surface area contributed by atoms with Gasteiger partial charge in [-0.05, 0) is 25.0 Å². The number of rotatable bonds is 3. The number of halogens is 1. The van der Waals surface area contributed by atoms with Gasteiger partial charge < -0.3 is 4.74 Å².